The van der Waals surface area contributed by atoms with Gasteiger partial charge in [0, 0.05) is 19.6 Å². The number of amides is 1. The van der Waals surface area contributed by atoms with E-state index in [1.54, 1.807) is 24.3 Å². The summed E-state index contributed by atoms with van der Waals surface area (Å²) in [6, 6.07) is 12.6. The Morgan fingerprint density at radius 3 is 2.53 bits per heavy atom. The standard InChI is InChI=1S/C22H27FN2O4S/c1-29-20-10-12-21(13-11-20)30(27,28)25-15-3-5-18(16-25)22(26)24-14-2-4-17-6-8-19(23)9-7-17/h6-13,18H,2-5,14-16H2,1H3,(H,24,26)/t18-/m0/s1. The normalized spacial score (nSPS) is 17.5. The summed E-state index contributed by atoms with van der Waals surface area (Å²) in [6.45, 7) is 1.08. The zero-order valence-corrected chi connectivity index (χ0v) is 17.8. The van der Waals surface area contributed by atoms with E-state index in [1.807, 2.05) is 0 Å². The lowest BCUT2D eigenvalue weighted by Crippen LogP contribution is -2.45. The van der Waals surface area contributed by atoms with Crippen LogP contribution in [0.2, 0.25) is 0 Å². The van der Waals surface area contributed by atoms with Gasteiger partial charge in [-0.25, -0.2) is 12.8 Å². The summed E-state index contributed by atoms with van der Waals surface area (Å²) in [6.07, 6.45) is 2.78. The van der Waals surface area contributed by atoms with Gasteiger partial charge < -0.3 is 10.1 Å². The second-order valence-electron chi connectivity index (χ2n) is 7.40. The molecule has 1 aliphatic heterocycles. The first-order valence-corrected chi connectivity index (χ1v) is 11.5. The van der Waals surface area contributed by atoms with Gasteiger partial charge in [0.1, 0.15) is 11.6 Å². The van der Waals surface area contributed by atoms with E-state index in [9.17, 15) is 17.6 Å². The molecule has 1 aliphatic rings. The highest BCUT2D eigenvalue weighted by Crippen LogP contribution is 2.25. The molecule has 8 heteroatoms. The van der Waals surface area contributed by atoms with Crippen LogP contribution in [0.3, 0.4) is 0 Å². The highest BCUT2D eigenvalue weighted by Gasteiger charge is 2.33. The quantitative estimate of drug-likeness (QED) is 0.648. The van der Waals surface area contributed by atoms with Gasteiger partial charge in [-0.15, -0.1) is 0 Å². The SMILES string of the molecule is COc1ccc(S(=O)(=O)N2CCC[C@H](C(=O)NCCCc3ccc(F)cc3)C2)cc1. The van der Waals surface area contributed by atoms with Crippen LogP contribution in [0.25, 0.3) is 0 Å². The summed E-state index contributed by atoms with van der Waals surface area (Å²) < 4.78 is 45.2. The monoisotopic (exact) mass is 434 g/mol. The Bertz CT molecular complexity index is 946. The van der Waals surface area contributed by atoms with Crippen molar-refractivity contribution in [2.75, 3.05) is 26.7 Å². The third-order valence-electron chi connectivity index (χ3n) is 5.31. The first-order valence-electron chi connectivity index (χ1n) is 10.1. The number of carbonyl (C=O) groups excluding carboxylic acids is 1. The molecule has 0 bridgehead atoms. The fraction of sp³-hybridized carbons (Fsp3) is 0.409. The van der Waals surface area contributed by atoms with Crippen molar-refractivity contribution in [1.29, 1.82) is 0 Å². The van der Waals surface area contributed by atoms with Crippen LogP contribution in [0.15, 0.2) is 53.4 Å². The van der Waals surface area contributed by atoms with Crippen LogP contribution in [0, 0.1) is 11.7 Å². The first-order chi connectivity index (χ1) is 14.4. The number of benzene rings is 2. The average Bonchev–Trinajstić information content (AvgIpc) is 2.78. The van der Waals surface area contributed by atoms with Crippen LogP contribution in [0.1, 0.15) is 24.8 Å². The molecule has 30 heavy (non-hydrogen) atoms. The summed E-state index contributed by atoms with van der Waals surface area (Å²) in [7, 11) is -2.13. The lowest BCUT2D eigenvalue weighted by Gasteiger charge is -2.31. The number of hydrogen-bond donors (Lipinski definition) is 1. The summed E-state index contributed by atoms with van der Waals surface area (Å²) >= 11 is 0. The molecule has 1 fully saturated rings. The predicted octanol–water partition coefficient (Wildman–Crippen LogP) is 2.98. The molecule has 3 rings (SSSR count). The van der Waals surface area contributed by atoms with E-state index >= 15 is 0 Å². The fourth-order valence-corrected chi connectivity index (χ4v) is 5.09. The zero-order valence-electron chi connectivity index (χ0n) is 17.0. The average molecular weight is 435 g/mol. The molecule has 1 heterocycles. The van der Waals surface area contributed by atoms with Gasteiger partial charge in [0.2, 0.25) is 15.9 Å². The minimum absolute atomic E-state index is 0.122. The van der Waals surface area contributed by atoms with Crippen molar-refractivity contribution in [3.8, 4) is 5.75 Å². The van der Waals surface area contributed by atoms with E-state index in [1.165, 1.54) is 35.7 Å². The molecular weight excluding hydrogens is 407 g/mol. The Labute approximate surface area is 177 Å². The Kier molecular flexibility index (Phi) is 7.44. The van der Waals surface area contributed by atoms with Gasteiger partial charge in [0.25, 0.3) is 0 Å². The van der Waals surface area contributed by atoms with Crippen molar-refractivity contribution in [1.82, 2.24) is 9.62 Å². The summed E-state index contributed by atoms with van der Waals surface area (Å²) in [4.78, 5) is 12.7. The van der Waals surface area contributed by atoms with Gasteiger partial charge in [-0.2, -0.15) is 4.31 Å². The van der Waals surface area contributed by atoms with Crippen molar-refractivity contribution in [3.63, 3.8) is 0 Å². The number of aryl methyl sites for hydroxylation is 1. The summed E-state index contributed by atoms with van der Waals surface area (Å²) in [5.74, 6) is -0.162. The Hall–Kier alpha value is -2.45. The molecule has 0 spiro atoms. The van der Waals surface area contributed by atoms with Crippen molar-refractivity contribution in [2.24, 2.45) is 5.92 Å². The molecule has 1 atom stereocenters. The van der Waals surface area contributed by atoms with Crippen LogP contribution in [0.4, 0.5) is 4.39 Å². The third-order valence-corrected chi connectivity index (χ3v) is 7.19. The van der Waals surface area contributed by atoms with E-state index < -0.39 is 10.0 Å². The molecule has 162 valence electrons. The maximum atomic E-state index is 12.9. The molecule has 0 saturated carbocycles. The number of rotatable bonds is 8. The van der Waals surface area contributed by atoms with Crippen LogP contribution in [-0.2, 0) is 21.2 Å². The van der Waals surface area contributed by atoms with Gasteiger partial charge >= 0.3 is 0 Å². The molecule has 6 nitrogen and oxygen atoms in total. The van der Waals surface area contributed by atoms with E-state index in [2.05, 4.69) is 5.32 Å². The fourth-order valence-electron chi connectivity index (χ4n) is 3.57. The molecule has 1 saturated heterocycles. The smallest absolute Gasteiger partial charge is 0.243 e. The molecule has 0 unspecified atom stereocenters. The number of carbonyl (C=O) groups is 1. The number of nitrogens with one attached hydrogen (secondary N) is 1. The van der Waals surface area contributed by atoms with Crippen molar-refractivity contribution >= 4 is 15.9 Å². The van der Waals surface area contributed by atoms with Gasteiger partial charge in [-0.05, 0) is 67.6 Å². The highest BCUT2D eigenvalue weighted by atomic mass is 32.2. The lowest BCUT2D eigenvalue weighted by atomic mass is 9.99. The Morgan fingerprint density at radius 2 is 1.87 bits per heavy atom. The van der Waals surface area contributed by atoms with Crippen LogP contribution < -0.4 is 10.1 Å². The van der Waals surface area contributed by atoms with Crippen molar-refractivity contribution < 1.29 is 22.3 Å². The van der Waals surface area contributed by atoms with Crippen LogP contribution in [0.5, 0.6) is 5.75 Å². The minimum atomic E-state index is -3.65. The first kappa shape index (κ1) is 22.2. The predicted molar refractivity (Wildman–Crippen MR) is 112 cm³/mol. The third kappa shape index (κ3) is 5.58. The lowest BCUT2D eigenvalue weighted by molar-refractivity contribution is -0.126. The number of methoxy groups -OCH3 is 1. The van der Waals surface area contributed by atoms with Crippen LogP contribution in [-0.4, -0.2) is 45.4 Å². The maximum Gasteiger partial charge on any atom is 0.243 e. The van der Waals surface area contributed by atoms with Gasteiger partial charge in [-0.1, -0.05) is 12.1 Å². The van der Waals surface area contributed by atoms with Gasteiger partial charge in [0.15, 0.2) is 0 Å². The molecule has 2 aromatic rings. The molecular formula is C22H27FN2O4S. The molecule has 1 amide bonds. The number of piperidine rings is 1. The minimum Gasteiger partial charge on any atom is -0.497 e. The number of sulfonamides is 1. The molecule has 0 aromatic heterocycles. The Morgan fingerprint density at radius 1 is 1.17 bits per heavy atom. The maximum absolute atomic E-state index is 12.9. The van der Waals surface area contributed by atoms with E-state index in [0.717, 1.165) is 18.4 Å². The molecule has 1 N–H and O–H groups in total. The highest BCUT2D eigenvalue weighted by molar-refractivity contribution is 7.89. The number of ether oxygens (including phenoxy) is 1. The number of halogens is 1. The van der Waals surface area contributed by atoms with Crippen LogP contribution >= 0.6 is 0 Å². The largest absolute Gasteiger partial charge is 0.497 e. The van der Waals surface area contributed by atoms with E-state index in [4.69, 9.17) is 4.74 Å². The molecule has 2 aromatic carbocycles. The number of hydrogen-bond acceptors (Lipinski definition) is 4. The summed E-state index contributed by atoms with van der Waals surface area (Å²) in [5.41, 5.74) is 1.01. The number of nitrogens with zero attached hydrogens (tertiary/aromatic N) is 1. The molecule has 0 radical (unpaired) electrons. The topological polar surface area (TPSA) is 75.7 Å². The second kappa shape index (κ2) is 10.0. The van der Waals surface area contributed by atoms with E-state index in [0.29, 0.717) is 31.7 Å². The molecule has 0 aliphatic carbocycles. The van der Waals surface area contributed by atoms with Gasteiger partial charge in [-0.3, -0.25) is 4.79 Å². The van der Waals surface area contributed by atoms with E-state index in [-0.39, 0.29) is 29.1 Å². The second-order valence-corrected chi connectivity index (χ2v) is 9.34. The van der Waals surface area contributed by atoms with Gasteiger partial charge in [0.05, 0.1) is 17.9 Å². The zero-order chi connectivity index (χ0) is 21.6. The van der Waals surface area contributed by atoms with Crippen molar-refractivity contribution in [2.45, 2.75) is 30.6 Å². The Balaban J connectivity index is 1.51. The van der Waals surface area contributed by atoms with Crippen molar-refractivity contribution in [3.05, 3.63) is 59.9 Å². The summed E-state index contributed by atoms with van der Waals surface area (Å²) in [5, 5.41) is 2.91.